The topological polar surface area (TPSA) is 89.7 Å². The van der Waals surface area contributed by atoms with Gasteiger partial charge in [0.2, 0.25) is 0 Å². The second-order valence-electron chi connectivity index (χ2n) is 3.09. The van der Waals surface area contributed by atoms with E-state index < -0.39 is 10.9 Å². The molecule has 0 radical (unpaired) electrons. The quantitative estimate of drug-likeness (QED) is 0.480. The molecule has 6 nitrogen and oxygen atoms in total. The van der Waals surface area contributed by atoms with Crippen molar-refractivity contribution in [3.05, 3.63) is 33.9 Å². The number of esters is 1. The minimum absolute atomic E-state index is 0.192. The molecule has 0 saturated heterocycles. The molecule has 0 amide bonds. The predicted molar refractivity (Wildman–Crippen MR) is 55.3 cm³/mol. The zero-order chi connectivity index (χ0) is 12.1. The van der Waals surface area contributed by atoms with E-state index in [0.29, 0.717) is 6.42 Å². The molecule has 86 valence electrons. The Hall–Kier alpha value is -2.11. The lowest BCUT2D eigenvalue weighted by Gasteiger charge is -2.04. The minimum Gasteiger partial charge on any atom is -0.507 e. The molecule has 0 aliphatic carbocycles. The van der Waals surface area contributed by atoms with Crippen molar-refractivity contribution >= 4 is 11.7 Å². The summed E-state index contributed by atoms with van der Waals surface area (Å²) in [5.41, 5.74) is -0.455. The Labute approximate surface area is 91.6 Å². The van der Waals surface area contributed by atoms with Crippen LogP contribution in [0.25, 0.3) is 0 Å². The van der Waals surface area contributed by atoms with E-state index in [0.717, 1.165) is 18.2 Å². The molecule has 1 N–H and O–H groups in total. The summed E-state index contributed by atoms with van der Waals surface area (Å²) in [6, 6.07) is 3.21. The first-order valence-electron chi connectivity index (χ1n) is 4.70. The van der Waals surface area contributed by atoms with Crippen molar-refractivity contribution in [3.63, 3.8) is 0 Å². The highest BCUT2D eigenvalue weighted by Crippen LogP contribution is 2.23. The molecule has 0 heterocycles. The summed E-state index contributed by atoms with van der Waals surface area (Å²) >= 11 is 0. The molecule has 6 heteroatoms. The third-order valence-electron chi connectivity index (χ3n) is 1.85. The number of phenols is 1. The van der Waals surface area contributed by atoms with Gasteiger partial charge in [-0.15, -0.1) is 0 Å². The van der Waals surface area contributed by atoms with Crippen molar-refractivity contribution in [2.75, 3.05) is 6.61 Å². The number of carbonyl (C=O) groups is 1. The molecule has 0 unspecified atom stereocenters. The highest BCUT2D eigenvalue weighted by atomic mass is 16.6. The molecule has 0 aliphatic heterocycles. The molecule has 1 rings (SSSR count). The number of hydrogen-bond acceptors (Lipinski definition) is 5. The van der Waals surface area contributed by atoms with Gasteiger partial charge in [0, 0.05) is 12.1 Å². The summed E-state index contributed by atoms with van der Waals surface area (Å²) in [6.45, 7) is 2.03. The summed E-state index contributed by atoms with van der Waals surface area (Å²) in [5.74, 6) is -1.09. The van der Waals surface area contributed by atoms with E-state index in [1.54, 1.807) is 0 Å². The van der Waals surface area contributed by atoms with Crippen LogP contribution in [0.5, 0.6) is 5.75 Å². The SMILES string of the molecule is CCCOC(=O)c1cc([N+](=O)[O-])ccc1O. The van der Waals surface area contributed by atoms with Gasteiger partial charge in [0.15, 0.2) is 0 Å². The molecule has 1 aromatic rings. The molecule has 0 aromatic heterocycles. The molecule has 0 fully saturated rings. The van der Waals surface area contributed by atoms with Crippen molar-refractivity contribution in [1.82, 2.24) is 0 Å². The number of nitro benzene ring substituents is 1. The van der Waals surface area contributed by atoms with Crippen molar-refractivity contribution < 1.29 is 19.6 Å². The Kier molecular flexibility index (Phi) is 3.82. The number of non-ortho nitro benzene ring substituents is 1. The van der Waals surface area contributed by atoms with Gasteiger partial charge in [0.05, 0.1) is 11.5 Å². The van der Waals surface area contributed by atoms with Gasteiger partial charge in [-0.2, -0.15) is 0 Å². The fourth-order valence-corrected chi connectivity index (χ4v) is 1.07. The van der Waals surface area contributed by atoms with Crippen molar-refractivity contribution in [1.29, 1.82) is 0 Å². The second kappa shape index (κ2) is 5.11. The van der Waals surface area contributed by atoms with Crippen LogP contribution in [-0.2, 0) is 4.74 Å². The number of carbonyl (C=O) groups excluding carboxylic acids is 1. The van der Waals surface area contributed by atoms with E-state index in [4.69, 9.17) is 4.74 Å². The Balaban J connectivity index is 2.97. The van der Waals surface area contributed by atoms with E-state index in [1.807, 2.05) is 6.92 Å². The second-order valence-corrected chi connectivity index (χ2v) is 3.09. The van der Waals surface area contributed by atoms with E-state index in [9.17, 15) is 20.0 Å². The summed E-state index contributed by atoms with van der Waals surface area (Å²) in [5, 5.41) is 19.8. The fourth-order valence-electron chi connectivity index (χ4n) is 1.07. The van der Waals surface area contributed by atoms with Crippen molar-refractivity contribution in [2.45, 2.75) is 13.3 Å². The van der Waals surface area contributed by atoms with Crippen LogP contribution < -0.4 is 0 Å². The number of nitrogens with zero attached hydrogens (tertiary/aromatic N) is 1. The van der Waals surface area contributed by atoms with Gasteiger partial charge in [-0.05, 0) is 12.5 Å². The summed E-state index contributed by atoms with van der Waals surface area (Å²) in [7, 11) is 0. The van der Waals surface area contributed by atoms with E-state index in [2.05, 4.69) is 0 Å². The predicted octanol–water partition coefficient (Wildman–Crippen LogP) is 1.87. The van der Waals surface area contributed by atoms with Gasteiger partial charge >= 0.3 is 5.97 Å². The van der Waals surface area contributed by atoms with Gasteiger partial charge in [0.25, 0.3) is 5.69 Å². The van der Waals surface area contributed by atoms with Gasteiger partial charge in [-0.25, -0.2) is 4.79 Å². The molecule has 0 atom stereocenters. The van der Waals surface area contributed by atoms with Crippen molar-refractivity contribution in [2.24, 2.45) is 0 Å². The van der Waals surface area contributed by atoms with Crippen LogP contribution in [0.15, 0.2) is 18.2 Å². The van der Waals surface area contributed by atoms with E-state index in [-0.39, 0.29) is 23.6 Å². The van der Waals surface area contributed by atoms with Crippen LogP contribution >= 0.6 is 0 Å². The van der Waals surface area contributed by atoms with Gasteiger partial charge in [0.1, 0.15) is 11.3 Å². The van der Waals surface area contributed by atoms with Crippen LogP contribution in [0, 0.1) is 10.1 Å². The van der Waals surface area contributed by atoms with Crippen LogP contribution in [0.2, 0.25) is 0 Å². The van der Waals surface area contributed by atoms with Crippen LogP contribution in [0.3, 0.4) is 0 Å². The zero-order valence-corrected chi connectivity index (χ0v) is 8.67. The van der Waals surface area contributed by atoms with Crippen molar-refractivity contribution in [3.8, 4) is 5.75 Å². The van der Waals surface area contributed by atoms with Crippen LogP contribution in [-0.4, -0.2) is 22.6 Å². The standard InChI is InChI=1S/C10H11NO5/c1-2-5-16-10(13)8-6-7(11(14)15)3-4-9(8)12/h3-4,6,12H,2,5H2,1H3. The first-order valence-corrected chi connectivity index (χ1v) is 4.70. The molecule has 0 saturated carbocycles. The summed E-state index contributed by atoms with van der Waals surface area (Å²) in [4.78, 5) is 21.2. The minimum atomic E-state index is -0.761. The summed E-state index contributed by atoms with van der Waals surface area (Å²) in [6.07, 6.45) is 0.640. The molecular formula is C10H11NO5. The molecule has 16 heavy (non-hydrogen) atoms. The first kappa shape index (κ1) is 12.0. The monoisotopic (exact) mass is 225 g/mol. The molecule has 1 aromatic carbocycles. The fraction of sp³-hybridized carbons (Fsp3) is 0.300. The number of phenolic OH excluding ortho intramolecular Hbond substituents is 1. The number of ether oxygens (including phenoxy) is 1. The number of hydrogen-bond donors (Lipinski definition) is 1. The lowest BCUT2D eigenvalue weighted by molar-refractivity contribution is -0.384. The average molecular weight is 225 g/mol. The van der Waals surface area contributed by atoms with Gasteiger partial charge in [-0.1, -0.05) is 6.92 Å². The smallest absolute Gasteiger partial charge is 0.342 e. The Bertz CT molecular complexity index is 416. The highest BCUT2D eigenvalue weighted by molar-refractivity contribution is 5.93. The van der Waals surface area contributed by atoms with Gasteiger partial charge in [-0.3, -0.25) is 10.1 Å². The number of benzene rings is 1. The Morgan fingerprint density at radius 2 is 2.25 bits per heavy atom. The molecular weight excluding hydrogens is 214 g/mol. The molecule has 0 bridgehead atoms. The lowest BCUT2D eigenvalue weighted by atomic mass is 10.2. The van der Waals surface area contributed by atoms with Crippen LogP contribution in [0.4, 0.5) is 5.69 Å². The summed E-state index contributed by atoms with van der Waals surface area (Å²) < 4.78 is 4.77. The number of aromatic hydroxyl groups is 1. The Morgan fingerprint density at radius 3 is 2.81 bits per heavy atom. The van der Waals surface area contributed by atoms with E-state index in [1.165, 1.54) is 0 Å². The first-order chi connectivity index (χ1) is 7.56. The highest BCUT2D eigenvalue weighted by Gasteiger charge is 2.17. The number of rotatable bonds is 4. The van der Waals surface area contributed by atoms with Gasteiger partial charge < -0.3 is 9.84 Å². The lowest BCUT2D eigenvalue weighted by Crippen LogP contribution is -2.06. The third kappa shape index (κ3) is 2.69. The third-order valence-corrected chi connectivity index (χ3v) is 1.85. The molecule has 0 spiro atoms. The largest absolute Gasteiger partial charge is 0.507 e. The maximum Gasteiger partial charge on any atom is 0.342 e. The maximum absolute atomic E-state index is 11.4. The Morgan fingerprint density at radius 1 is 1.56 bits per heavy atom. The zero-order valence-electron chi connectivity index (χ0n) is 8.67. The maximum atomic E-state index is 11.4. The van der Waals surface area contributed by atoms with Crippen LogP contribution in [0.1, 0.15) is 23.7 Å². The normalized spacial score (nSPS) is 9.81. The number of nitro groups is 1. The average Bonchev–Trinajstić information content (AvgIpc) is 2.26. The van der Waals surface area contributed by atoms with E-state index >= 15 is 0 Å². The molecule has 0 aliphatic rings.